The van der Waals surface area contributed by atoms with Gasteiger partial charge in [-0.3, -0.25) is 0 Å². The molecular formula is C19H15Cl2N3. The molecule has 0 atom stereocenters. The van der Waals surface area contributed by atoms with E-state index in [2.05, 4.69) is 22.2 Å². The Morgan fingerprint density at radius 3 is 2.67 bits per heavy atom. The van der Waals surface area contributed by atoms with Crippen LogP contribution in [0.1, 0.15) is 17.0 Å². The summed E-state index contributed by atoms with van der Waals surface area (Å²) in [5.74, 6) is 0.848. The average Bonchev–Trinajstić information content (AvgIpc) is 3.00. The predicted octanol–water partition coefficient (Wildman–Crippen LogP) is 5.37. The zero-order chi connectivity index (χ0) is 16.5. The van der Waals surface area contributed by atoms with Crippen molar-refractivity contribution in [3.8, 4) is 11.4 Å². The van der Waals surface area contributed by atoms with E-state index in [0.29, 0.717) is 5.02 Å². The van der Waals surface area contributed by atoms with Crippen molar-refractivity contribution in [3.63, 3.8) is 0 Å². The lowest BCUT2D eigenvalue weighted by molar-refractivity contribution is 0.355. The van der Waals surface area contributed by atoms with Gasteiger partial charge in [0.05, 0.1) is 17.9 Å². The lowest BCUT2D eigenvalue weighted by atomic mass is 10.2. The van der Waals surface area contributed by atoms with Crippen LogP contribution in [0.4, 0.5) is 0 Å². The number of nitrogens with zero attached hydrogens (tertiary/aromatic N) is 2. The van der Waals surface area contributed by atoms with Gasteiger partial charge >= 0.3 is 0 Å². The van der Waals surface area contributed by atoms with E-state index in [-0.39, 0.29) is 0 Å². The molecule has 2 heterocycles. The van der Waals surface area contributed by atoms with Crippen molar-refractivity contribution in [3.05, 3.63) is 81.7 Å². The van der Waals surface area contributed by atoms with E-state index in [4.69, 9.17) is 28.2 Å². The van der Waals surface area contributed by atoms with Crippen LogP contribution >= 0.6 is 23.2 Å². The van der Waals surface area contributed by atoms with Crippen molar-refractivity contribution in [1.29, 1.82) is 0 Å². The summed E-state index contributed by atoms with van der Waals surface area (Å²) in [6.45, 7) is 1.60. The summed E-state index contributed by atoms with van der Waals surface area (Å²) < 4.78 is 0. The quantitative estimate of drug-likeness (QED) is 0.684. The monoisotopic (exact) mass is 355 g/mol. The van der Waals surface area contributed by atoms with Crippen molar-refractivity contribution in [2.24, 2.45) is 0 Å². The Labute approximate surface area is 150 Å². The third-order valence-corrected chi connectivity index (χ3v) is 4.50. The maximum atomic E-state index is 6.07. The smallest absolute Gasteiger partial charge is 0.138 e. The summed E-state index contributed by atoms with van der Waals surface area (Å²) in [6.07, 6.45) is 4.16. The van der Waals surface area contributed by atoms with Gasteiger partial charge in [-0.25, -0.2) is 4.98 Å². The summed E-state index contributed by atoms with van der Waals surface area (Å²) in [5.41, 5.74) is 4.31. The standard InChI is InChI=1S/C19H15Cl2N3/c20-15-6-4-13(5-7-15)11-24-9-8-17-18(12-24)23-19(22-17)14-2-1-3-16(21)10-14/h1-10H,11-12H2,(H,22,23). The molecule has 0 saturated carbocycles. The van der Waals surface area contributed by atoms with Crippen LogP contribution in [0.5, 0.6) is 0 Å². The highest BCUT2D eigenvalue weighted by Gasteiger charge is 2.16. The molecular weight excluding hydrogens is 341 g/mol. The van der Waals surface area contributed by atoms with Crippen LogP contribution in [0.3, 0.4) is 0 Å². The molecule has 0 aliphatic carbocycles. The maximum absolute atomic E-state index is 6.07. The summed E-state index contributed by atoms with van der Waals surface area (Å²) in [6, 6.07) is 15.7. The molecule has 24 heavy (non-hydrogen) atoms. The number of halogens is 2. The van der Waals surface area contributed by atoms with Crippen molar-refractivity contribution in [1.82, 2.24) is 14.9 Å². The second kappa shape index (κ2) is 6.34. The van der Waals surface area contributed by atoms with Crippen LogP contribution in [0, 0.1) is 0 Å². The topological polar surface area (TPSA) is 31.9 Å². The van der Waals surface area contributed by atoms with Crippen molar-refractivity contribution < 1.29 is 0 Å². The molecule has 2 aromatic carbocycles. The van der Waals surface area contributed by atoms with E-state index < -0.39 is 0 Å². The number of nitrogens with one attached hydrogen (secondary N) is 1. The molecule has 5 heteroatoms. The Morgan fingerprint density at radius 2 is 1.88 bits per heavy atom. The number of aromatic amines is 1. The molecule has 120 valence electrons. The first kappa shape index (κ1) is 15.3. The maximum Gasteiger partial charge on any atom is 0.138 e. The first-order valence-corrected chi connectivity index (χ1v) is 8.44. The summed E-state index contributed by atoms with van der Waals surface area (Å²) >= 11 is 12.0. The van der Waals surface area contributed by atoms with Crippen LogP contribution < -0.4 is 0 Å². The normalized spacial score (nSPS) is 13.2. The van der Waals surface area contributed by atoms with Crippen molar-refractivity contribution >= 4 is 29.3 Å². The van der Waals surface area contributed by atoms with Crippen molar-refractivity contribution in [2.45, 2.75) is 13.1 Å². The Balaban J connectivity index is 1.54. The van der Waals surface area contributed by atoms with Gasteiger partial charge in [-0.05, 0) is 35.9 Å². The van der Waals surface area contributed by atoms with Gasteiger partial charge in [0.2, 0.25) is 0 Å². The number of aromatic nitrogens is 2. The fraction of sp³-hybridized carbons (Fsp3) is 0.105. The van der Waals surface area contributed by atoms with Crippen LogP contribution in [0.25, 0.3) is 17.5 Å². The molecule has 1 aromatic heterocycles. The van der Waals surface area contributed by atoms with Gasteiger partial charge in [0.1, 0.15) is 5.82 Å². The molecule has 0 spiro atoms. The highest BCUT2D eigenvalue weighted by atomic mass is 35.5. The van der Waals surface area contributed by atoms with Crippen LogP contribution in [-0.4, -0.2) is 14.9 Å². The molecule has 0 radical (unpaired) electrons. The van der Waals surface area contributed by atoms with E-state index in [1.807, 2.05) is 48.5 Å². The molecule has 0 unspecified atom stereocenters. The Hall–Kier alpha value is -2.23. The van der Waals surface area contributed by atoms with Crippen LogP contribution in [-0.2, 0) is 13.1 Å². The van der Waals surface area contributed by atoms with Crippen molar-refractivity contribution in [2.75, 3.05) is 0 Å². The largest absolute Gasteiger partial charge is 0.367 e. The van der Waals surface area contributed by atoms with E-state index in [1.165, 1.54) is 5.56 Å². The minimum atomic E-state index is 0.710. The molecule has 0 amide bonds. The number of H-pyrrole nitrogens is 1. The zero-order valence-electron chi connectivity index (χ0n) is 12.8. The van der Waals surface area contributed by atoms with Gasteiger partial charge in [0, 0.05) is 28.4 Å². The second-order valence-corrected chi connectivity index (χ2v) is 6.68. The van der Waals surface area contributed by atoms with Crippen LogP contribution in [0.2, 0.25) is 10.0 Å². The number of rotatable bonds is 3. The lowest BCUT2D eigenvalue weighted by Gasteiger charge is -2.22. The number of imidazole rings is 1. The molecule has 0 fully saturated rings. The summed E-state index contributed by atoms with van der Waals surface area (Å²) in [5, 5.41) is 1.47. The molecule has 0 bridgehead atoms. The van der Waals surface area contributed by atoms with E-state index in [0.717, 1.165) is 40.9 Å². The molecule has 1 N–H and O–H groups in total. The number of hydrogen-bond donors (Lipinski definition) is 1. The van der Waals surface area contributed by atoms with Gasteiger partial charge in [-0.15, -0.1) is 0 Å². The highest BCUT2D eigenvalue weighted by molar-refractivity contribution is 6.31. The van der Waals surface area contributed by atoms with E-state index in [9.17, 15) is 0 Å². The van der Waals surface area contributed by atoms with Gasteiger partial charge in [-0.2, -0.15) is 0 Å². The third-order valence-electron chi connectivity index (χ3n) is 4.01. The number of fused-ring (bicyclic) bond motifs is 1. The predicted molar refractivity (Wildman–Crippen MR) is 98.8 cm³/mol. The summed E-state index contributed by atoms with van der Waals surface area (Å²) in [4.78, 5) is 10.3. The third kappa shape index (κ3) is 3.18. The van der Waals surface area contributed by atoms with Gasteiger partial charge in [0.25, 0.3) is 0 Å². The molecule has 4 rings (SSSR count). The van der Waals surface area contributed by atoms with Gasteiger partial charge in [0.15, 0.2) is 0 Å². The van der Waals surface area contributed by atoms with Gasteiger partial charge in [-0.1, -0.05) is 47.5 Å². The van der Waals surface area contributed by atoms with Gasteiger partial charge < -0.3 is 9.88 Å². The Morgan fingerprint density at radius 1 is 1.04 bits per heavy atom. The SMILES string of the molecule is Clc1ccc(CN2C=Cc3[nH]c(-c4cccc(Cl)c4)nc3C2)cc1. The fourth-order valence-corrected chi connectivity index (χ4v) is 3.13. The highest BCUT2D eigenvalue weighted by Crippen LogP contribution is 2.25. The zero-order valence-corrected chi connectivity index (χ0v) is 14.3. The fourth-order valence-electron chi connectivity index (χ4n) is 2.81. The second-order valence-electron chi connectivity index (χ2n) is 5.80. The first-order valence-electron chi connectivity index (χ1n) is 7.69. The minimum Gasteiger partial charge on any atom is -0.367 e. The molecule has 1 aliphatic rings. The van der Waals surface area contributed by atoms with Crippen LogP contribution in [0.15, 0.2) is 54.7 Å². The molecule has 1 aliphatic heterocycles. The summed E-state index contributed by atoms with van der Waals surface area (Å²) in [7, 11) is 0. The number of hydrogen-bond acceptors (Lipinski definition) is 2. The Kier molecular flexibility index (Phi) is 4.05. The van der Waals surface area contributed by atoms with E-state index >= 15 is 0 Å². The first-order chi connectivity index (χ1) is 11.7. The molecule has 3 nitrogen and oxygen atoms in total. The number of benzene rings is 2. The Bertz CT molecular complexity index is 897. The molecule has 3 aromatic rings. The average molecular weight is 356 g/mol. The minimum absolute atomic E-state index is 0.710. The lowest BCUT2D eigenvalue weighted by Crippen LogP contribution is -2.19. The molecule has 0 saturated heterocycles. The van der Waals surface area contributed by atoms with E-state index in [1.54, 1.807) is 0 Å².